The van der Waals surface area contributed by atoms with Gasteiger partial charge in [-0.2, -0.15) is 5.26 Å². The summed E-state index contributed by atoms with van der Waals surface area (Å²) in [6.45, 7) is 6.80. The molecule has 178 valence electrons. The van der Waals surface area contributed by atoms with Crippen molar-refractivity contribution < 1.29 is 13.7 Å². The largest absolute Gasteiger partial charge is 0.491 e. The van der Waals surface area contributed by atoms with Gasteiger partial charge in [0.2, 0.25) is 5.95 Å². The van der Waals surface area contributed by atoms with Crippen LogP contribution in [0.25, 0.3) is 0 Å². The lowest BCUT2D eigenvalue weighted by molar-refractivity contribution is 0.294. The van der Waals surface area contributed by atoms with E-state index in [0.29, 0.717) is 34.4 Å². The standard InChI is InChI=1S/C25H27ClN4O3S/c1-5-12-32-23-17(15-27)13-18(14-21(23)26)25(2,3)20-8-6-7-9-22(20)33-16-19-10-11-28-24(29-19)30-34(4)31/h6-11,13-14H,5,12,16H2,1-4H3,(H,28,29,30). The van der Waals surface area contributed by atoms with E-state index in [4.69, 9.17) is 21.1 Å². The molecule has 3 rings (SSSR count). The highest BCUT2D eigenvalue weighted by molar-refractivity contribution is 7.85. The Balaban J connectivity index is 1.90. The summed E-state index contributed by atoms with van der Waals surface area (Å²) in [6.07, 6.45) is 3.92. The normalized spacial score (nSPS) is 12.0. The lowest BCUT2D eigenvalue weighted by Gasteiger charge is -2.29. The van der Waals surface area contributed by atoms with Gasteiger partial charge < -0.3 is 9.47 Å². The number of anilines is 1. The molecule has 3 aromatic rings. The molecule has 0 bridgehead atoms. The van der Waals surface area contributed by atoms with Crippen molar-refractivity contribution >= 4 is 28.5 Å². The lowest BCUT2D eigenvalue weighted by Crippen LogP contribution is -2.21. The van der Waals surface area contributed by atoms with Crippen LogP contribution in [0.5, 0.6) is 11.5 Å². The summed E-state index contributed by atoms with van der Waals surface area (Å²) in [5, 5.41) is 10.1. The minimum absolute atomic E-state index is 0.203. The molecule has 0 aliphatic rings. The second kappa shape index (κ2) is 11.3. The fourth-order valence-corrected chi connectivity index (χ4v) is 4.09. The van der Waals surface area contributed by atoms with E-state index in [1.54, 1.807) is 12.3 Å². The van der Waals surface area contributed by atoms with E-state index in [2.05, 4.69) is 34.6 Å². The fourth-order valence-electron chi connectivity index (χ4n) is 3.46. The third-order valence-electron chi connectivity index (χ3n) is 5.22. The summed E-state index contributed by atoms with van der Waals surface area (Å²) in [4.78, 5) is 8.40. The van der Waals surface area contributed by atoms with Crippen LogP contribution < -0.4 is 14.2 Å². The van der Waals surface area contributed by atoms with Gasteiger partial charge in [0.05, 0.1) is 22.9 Å². The van der Waals surface area contributed by atoms with Crippen LogP contribution in [-0.4, -0.2) is 27.0 Å². The van der Waals surface area contributed by atoms with Gasteiger partial charge in [0.15, 0.2) is 5.75 Å². The van der Waals surface area contributed by atoms with Gasteiger partial charge >= 0.3 is 0 Å². The number of hydrogen-bond acceptors (Lipinski definition) is 6. The van der Waals surface area contributed by atoms with E-state index in [1.165, 1.54) is 6.26 Å². The van der Waals surface area contributed by atoms with E-state index >= 15 is 0 Å². The van der Waals surface area contributed by atoms with Crippen molar-refractivity contribution in [2.75, 3.05) is 17.6 Å². The predicted octanol–water partition coefficient (Wildman–Crippen LogP) is 5.40. The number of benzene rings is 2. The third-order valence-corrected chi connectivity index (χ3v) is 5.97. The number of rotatable bonds is 10. The maximum absolute atomic E-state index is 11.4. The summed E-state index contributed by atoms with van der Waals surface area (Å²) in [5.41, 5.74) is 2.32. The van der Waals surface area contributed by atoms with Gasteiger partial charge in [0.25, 0.3) is 0 Å². The van der Waals surface area contributed by atoms with Crippen molar-refractivity contribution in [2.24, 2.45) is 0 Å². The molecule has 0 amide bonds. The van der Waals surface area contributed by atoms with Crippen LogP contribution in [-0.2, 0) is 23.0 Å². The van der Waals surface area contributed by atoms with Crippen molar-refractivity contribution in [1.82, 2.24) is 9.97 Å². The Hall–Kier alpha value is -3.15. The number of nitrogens with zero attached hydrogens (tertiary/aromatic N) is 3. The Kier molecular flexibility index (Phi) is 8.48. The first-order valence-electron chi connectivity index (χ1n) is 10.8. The molecular weight excluding hydrogens is 472 g/mol. The zero-order chi connectivity index (χ0) is 24.7. The Bertz CT molecular complexity index is 1230. The van der Waals surface area contributed by atoms with Gasteiger partial charge in [0.1, 0.15) is 29.4 Å². The number of hydrogen-bond donors (Lipinski definition) is 1. The zero-order valence-electron chi connectivity index (χ0n) is 19.6. The Labute approximate surface area is 207 Å². The van der Waals surface area contributed by atoms with Crippen LogP contribution >= 0.6 is 11.6 Å². The zero-order valence-corrected chi connectivity index (χ0v) is 21.2. The minimum Gasteiger partial charge on any atom is -0.491 e. The summed E-state index contributed by atoms with van der Waals surface area (Å²) < 4.78 is 25.9. The summed E-state index contributed by atoms with van der Waals surface area (Å²) in [6, 6.07) is 15.3. The molecule has 1 aromatic heterocycles. The molecule has 1 heterocycles. The Morgan fingerprint density at radius 1 is 1.21 bits per heavy atom. The second-order valence-electron chi connectivity index (χ2n) is 8.13. The fraction of sp³-hybridized carbons (Fsp3) is 0.320. The van der Waals surface area contributed by atoms with Gasteiger partial charge in [-0.05, 0) is 36.2 Å². The number of halogens is 1. The molecule has 1 unspecified atom stereocenters. The molecule has 0 radical (unpaired) electrons. The van der Waals surface area contributed by atoms with E-state index in [0.717, 1.165) is 17.5 Å². The molecule has 0 fully saturated rings. The van der Waals surface area contributed by atoms with Gasteiger partial charge in [-0.25, -0.2) is 14.2 Å². The molecule has 0 spiro atoms. The van der Waals surface area contributed by atoms with Crippen LogP contribution in [0.1, 0.15) is 49.6 Å². The maximum Gasteiger partial charge on any atom is 0.235 e. The first kappa shape index (κ1) is 25.5. The van der Waals surface area contributed by atoms with Crippen LogP contribution in [0.4, 0.5) is 5.95 Å². The van der Waals surface area contributed by atoms with Gasteiger partial charge in [0, 0.05) is 23.4 Å². The number of nitrogens with one attached hydrogen (secondary N) is 1. The molecule has 7 nitrogen and oxygen atoms in total. The minimum atomic E-state index is -1.27. The van der Waals surface area contributed by atoms with E-state index in [9.17, 15) is 9.47 Å². The highest BCUT2D eigenvalue weighted by Gasteiger charge is 2.29. The van der Waals surface area contributed by atoms with E-state index < -0.39 is 16.4 Å². The Morgan fingerprint density at radius 3 is 2.68 bits per heavy atom. The summed E-state index contributed by atoms with van der Waals surface area (Å²) in [5.74, 6) is 1.37. The quantitative estimate of drug-likeness (QED) is 0.402. The van der Waals surface area contributed by atoms with E-state index in [1.807, 2.05) is 43.3 Å². The molecule has 0 aliphatic carbocycles. The maximum atomic E-state index is 11.4. The average molecular weight is 499 g/mol. The molecule has 0 saturated carbocycles. The first-order chi connectivity index (χ1) is 16.3. The average Bonchev–Trinajstić information content (AvgIpc) is 2.81. The number of para-hydroxylation sites is 1. The molecule has 2 aromatic carbocycles. The summed E-state index contributed by atoms with van der Waals surface area (Å²) in [7, 11) is -1.27. The number of ether oxygens (including phenoxy) is 2. The van der Waals surface area contributed by atoms with Crippen LogP contribution in [0, 0.1) is 11.3 Å². The summed E-state index contributed by atoms with van der Waals surface area (Å²) >= 11 is 6.53. The Morgan fingerprint density at radius 2 is 1.97 bits per heavy atom. The predicted molar refractivity (Wildman–Crippen MR) is 135 cm³/mol. The van der Waals surface area contributed by atoms with Crippen LogP contribution in [0.2, 0.25) is 5.02 Å². The van der Waals surface area contributed by atoms with Crippen molar-refractivity contribution in [3.63, 3.8) is 0 Å². The molecule has 0 saturated heterocycles. The van der Waals surface area contributed by atoms with Crippen molar-refractivity contribution in [1.29, 1.82) is 5.26 Å². The van der Waals surface area contributed by atoms with Crippen molar-refractivity contribution in [3.8, 4) is 17.6 Å². The highest BCUT2D eigenvalue weighted by Crippen LogP contribution is 2.41. The molecule has 1 atom stereocenters. The molecule has 0 aliphatic heterocycles. The number of aromatic nitrogens is 2. The molecule has 1 N–H and O–H groups in total. The monoisotopic (exact) mass is 498 g/mol. The highest BCUT2D eigenvalue weighted by atomic mass is 35.5. The third kappa shape index (κ3) is 6.04. The SMILES string of the molecule is CCCOc1c(Cl)cc(C(C)(C)c2ccccc2OCc2ccnc(NS(C)=O)n2)cc1C#N. The van der Waals surface area contributed by atoms with Crippen molar-refractivity contribution in [3.05, 3.63) is 76.1 Å². The number of nitriles is 1. The van der Waals surface area contributed by atoms with Gasteiger partial charge in [-0.1, -0.05) is 50.6 Å². The van der Waals surface area contributed by atoms with Crippen molar-refractivity contribution in [2.45, 2.75) is 39.2 Å². The molecule has 9 heteroatoms. The first-order valence-corrected chi connectivity index (χ1v) is 12.7. The van der Waals surface area contributed by atoms with E-state index in [-0.39, 0.29) is 12.6 Å². The smallest absolute Gasteiger partial charge is 0.235 e. The van der Waals surface area contributed by atoms with Gasteiger partial charge in [-0.3, -0.25) is 4.72 Å². The topological polar surface area (TPSA) is 97.1 Å². The molecule has 34 heavy (non-hydrogen) atoms. The lowest BCUT2D eigenvalue weighted by atomic mass is 9.77. The van der Waals surface area contributed by atoms with Gasteiger partial charge in [-0.15, -0.1) is 0 Å². The van der Waals surface area contributed by atoms with Crippen LogP contribution in [0.15, 0.2) is 48.7 Å². The second-order valence-corrected chi connectivity index (χ2v) is 9.65. The molecular formula is C25H27ClN4O3S. The van der Waals surface area contributed by atoms with Crippen LogP contribution in [0.3, 0.4) is 0 Å².